The van der Waals surface area contributed by atoms with Gasteiger partial charge in [-0.1, -0.05) is 0 Å². The van der Waals surface area contributed by atoms with Crippen molar-refractivity contribution in [1.29, 1.82) is 0 Å². The van der Waals surface area contributed by atoms with E-state index in [1.165, 1.54) is 0 Å². The molecule has 5 heteroatoms. The summed E-state index contributed by atoms with van der Waals surface area (Å²) in [5, 5.41) is 3.53. The minimum atomic E-state index is -2.53. The van der Waals surface area contributed by atoms with E-state index in [0.717, 1.165) is 9.27 Å². The number of hydrogen-bond donors (Lipinski definition) is 1. The van der Waals surface area contributed by atoms with Crippen molar-refractivity contribution < 1.29 is 4.79 Å². The van der Waals surface area contributed by atoms with Gasteiger partial charge in [-0.2, -0.15) is 0 Å². The van der Waals surface area contributed by atoms with Gasteiger partial charge in [0.2, 0.25) is 0 Å². The van der Waals surface area contributed by atoms with E-state index in [1.54, 1.807) is 12.3 Å². The Balaban J connectivity index is 2.38. The number of amides is 1. The van der Waals surface area contributed by atoms with Gasteiger partial charge in [-0.05, 0) is 0 Å². The first kappa shape index (κ1) is 15.3. The van der Waals surface area contributed by atoms with Gasteiger partial charge in [0.05, 0.1) is 0 Å². The Bertz CT molecular complexity index is 624. The Hall–Kier alpha value is -1.07. The summed E-state index contributed by atoms with van der Waals surface area (Å²) in [5.74, 6) is -0.194. The van der Waals surface area contributed by atoms with E-state index in [4.69, 9.17) is 11.6 Å². The molecule has 0 fully saturated rings. The number of carbonyl (C=O) groups excluding carboxylic acids is 1. The molecule has 3 nitrogen and oxygen atoms in total. The van der Waals surface area contributed by atoms with Gasteiger partial charge in [0, 0.05) is 0 Å². The Morgan fingerprint density at radius 1 is 1.15 bits per heavy atom. The Kier molecular flexibility index (Phi) is 4.70. The second-order valence-corrected chi connectivity index (χ2v) is 20.3. The van der Waals surface area contributed by atoms with Crippen LogP contribution in [0.4, 0.5) is 5.69 Å². The summed E-state index contributed by atoms with van der Waals surface area (Å²) in [7, 11) is 0. The average molecular weight is 395 g/mol. The van der Waals surface area contributed by atoms with Crippen LogP contribution in [0.2, 0.25) is 19.8 Å². The van der Waals surface area contributed by atoms with Gasteiger partial charge in [0.1, 0.15) is 0 Å². The standard InChI is InChI=1S/C12H8ClN2O.3CH3.Sn/c13-9-6-7-14-11(8-9)12(16)15-10-4-2-1-3-5-10;;;;/h1-7H,(H,15,16);3*1H3;. The predicted molar refractivity (Wildman–Crippen MR) is 86.6 cm³/mol. The van der Waals surface area contributed by atoms with Crippen molar-refractivity contribution in [2.75, 3.05) is 5.32 Å². The fraction of sp³-hybridized carbons (Fsp3) is 0.200. The van der Waals surface area contributed by atoms with E-state index >= 15 is 0 Å². The third kappa shape index (κ3) is 3.52. The number of benzene rings is 1. The molecule has 0 aliphatic heterocycles. The maximum atomic E-state index is 12.4. The molecule has 0 aliphatic rings. The average Bonchev–Trinajstić information content (AvgIpc) is 2.38. The van der Waals surface area contributed by atoms with Gasteiger partial charge in [0.15, 0.2) is 0 Å². The van der Waals surface area contributed by atoms with Crippen LogP contribution in [0.1, 0.15) is 10.5 Å². The van der Waals surface area contributed by atoms with Crippen LogP contribution in [0.15, 0.2) is 42.6 Å². The zero-order valence-electron chi connectivity index (χ0n) is 11.8. The molecule has 2 aromatic rings. The first-order valence-electron chi connectivity index (χ1n) is 6.41. The van der Waals surface area contributed by atoms with Gasteiger partial charge in [-0.15, -0.1) is 0 Å². The second kappa shape index (κ2) is 6.14. The number of para-hydroxylation sites is 1. The monoisotopic (exact) mass is 396 g/mol. The van der Waals surface area contributed by atoms with Crippen molar-refractivity contribution in [3.63, 3.8) is 0 Å². The molecule has 0 bridgehead atoms. The molecule has 1 amide bonds. The second-order valence-electron chi connectivity index (χ2n) is 5.59. The van der Waals surface area contributed by atoms with E-state index < -0.39 is 18.4 Å². The first-order chi connectivity index (χ1) is 9.39. The molecular formula is C15H17ClN2OSn. The molecule has 2 rings (SSSR count). The molecule has 0 unspecified atom stereocenters. The minimum absolute atomic E-state index is 0.194. The third-order valence-corrected chi connectivity index (χ3v) is 9.39. The number of halogens is 1. The van der Waals surface area contributed by atoms with Crippen LogP contribution in [0.3, 0.4) is 0 Å². The van der Waals surface area contributed by atoms with Gasteiger partial charge < -0.3 is 0 Å². The summed E-state index contributed by atoms with van der Waals surface area (Å²) in [4.78, 5) is 23.4. The Morgan fingerprint density at radius 3 is 2.40 bits per heavy atom. The number of nitrogens with zero attached hydrogens (tertiary/aromatic N) is 1. The van der Waals surface area contributed by atoms with Gasteiger partial charge >= 0.3 is 128 Å². The summed E-state index contributed by atoms with van der Waals surface area (Å²) in [5.41, 5.74) is 1.22. The molecule has 0 spiro atoms. The van der Waals surface area contributed by atoms with Crippen LogP contribution in [-0.2, 0) is 0 Å². The number of anilines is 1. The van der Waals surface area contributed by atoms with E-state index in [9.17, 15) is 4.79 Å². The fourth-order valence-electron chi connectivity index (χ4n) is 2.04. The topological polar surface area (TPSA) is 42.0 Å². The summed E-state index contributed by atoms with van der Waals surface area (Å²) in [6.45, 7) is 0. The van der Waals surface area contributed by atoms with Crippen molar-refractivity contribution in [2.45, 2.75) is 14.8 Å². The fourth-order valence-corrected chi connectivity index (χ4v) is 8.90. The summed E-state index contributed by atoms with van der Waals surface area (Å²) in [6, 6.07) is 11.1. The first-order valence-corrected chi connectivity index (χ1v) is 16.8. The predicted octanol–water partition coefficient (Wildman–Crippen LogP) is 3.53. The molecule has 0 saturated carbocycles. The molecule has 1 N–H and O–H groups in total. The molecule has 1 heterocycles. The normalized spacial score (nSPS) is 11.2. The van der Waals surface area contributed by atoms with E-state index in [0.29, 0.717) is 10.7 Å². The molecule has 104 valence electrons. The molecule has 0 radical (unpaired) electrons. The third-order valence-electron chi connectivity index (χ3n) is 2.90. The van der Waals surface area contributed by atoms with E-state index in [-0.39, 0.29) is 5.91 Å². The van der Waals surface area contributed by atoms with Crippen molar-refractivity contribution in [1.82, 2.24) is 4.98 Å². The maximum absolute atomic E-state index is 12.4. The van der Waals surface area contributed by atoms with Crippen molar-refractivity contribution in [3.05, 3.63) is 53.3 Å². The number of pyridine rings is 1. The molecule has 20 heavy (non-hydrogen) atoms. The zero-order valence-corrected chi connectivity index (χ0v) is 15.4. The number of carbonyl (C=O) groups is 1. The zero-order chi connectivity index (χ0) is 14.8. The Labute approximate surface area is 128 Å². The molecule has 0 aliphatic carbocycles. The van der Waals surface area contributed by atoms with Gasteiger partial charge in [0.25, 0.3) is 0 Å². The number of aromatic nitrogens is 1. The van der Waals surface area contributed by atoms with Crippen LogP contribution in [0.5, 0.6) is 0 Å². The van der Waals surface area contributed by atoms with Crippen LogP contribution >= 0.6 is 11.6 Å². The summed E-state index contributed by atoms with van der Waals surface area (Å²) in [6.07, 6.45) is 1.59. The van der Waals surface area contributed by atoms with Crippen molar-refractivity contribution in [2.24, 2.45) is 0 Å². The van der Waals surface area contributed by atoms with E-state index in [2.05, 4.69) is 25.1 Å². The molecule has 0 saturated heterocycles. The van der Waals surface area contributed by atoms with Gasteiger partial charge in [-0.25, -0.2) is 0 Å². The molecular weight excluding hydrogens is 378 g/mol. The van der Waals surface area contributed by atoms with Crippen LogP contribution in [0, 0.1) is 0 Å². The SMILES string of the molecule is [CH3][Sn]([CH3])([CH3])[c]1c(Cl)ccnc1C(=O)Nc1ccccc1. The quantitative estimate of drug-likeness (QED) is 0.808. The molecule has 1 aromatic heterocycles. The molecule has 0 atom stereocenters. The van der Waals surface area contributed by atoms with Crippen molar-refractivity contribution >= 4 is 45.2 Å². The van der Waals surface area contributed by atoms with Crippen LogP contribution in [0.25, 0.3) is 0 Å². The van der Waals surface area contributed by atoms with Crippen LogP contribution in [-0.4, -0.2) is 29.3 Å². The summed E-state index contributed by atoms with van der Waals surface area (Å²) < 4.78 is 0.969. The van der Waals surface area contributed by atoms with E-state index in [1.807, 2.05) is 30.3 Å². The summed E-state index contributed by atoms with van der Waals surface area (Å²) >= 11 is 3.77. The van der Waals surface area contributed by atoms with Crippen LogP contribution < -0.4 is 8.90 Å². The number of hydrogen-bond acceptors (Lipinski definition) is 2. The Morgan fingerprint density at radius 2 is 1.80 bits per heavy atom. The van der Waals surface area contributed by atoms with Crippen molar-refractivity contribution in [3.8, 4) is 0 Å². The molecule has 1 aromatic carbocycles. The van der Waals surface area contributed by atoms with Gasteiger partial charge in [-0.3, -0.25) is 0 Å². The number of rotatable bonds is 3. The number of nitrogens with one attached hydrogen (secondary N) is 1.